The topological polar surface area (TPSA) is 126 Å². The Morgan fingerprint density at radius 3 is 2.63 bits per heavy atom. The molecule has 0 aliphatic rings. The summed E-state index contributed by atoms with van der Waals surface area (Å²) in [4.78, 5) is 40.7. The average Bonchev–Trinajstić information content (AvgIpc) is 2.76. The van der Waals surface area contributed by atoms with Crippen molar-refractivity contribution in [2.45, 2.75) is 39.7 Å². The molecular formula is C23H22BrClN4O6. The van der Waals surface area contributed by atoms with Crippen LogP contribution in [-0.2, 0) is 9.53 Å². The van der Waals surface area contributed by atoms with E-state index in [1.165, 1.54) is 12.3 Å². The third kappa shape index (κ3) is 6.23. The van der Waals surface area contributed by atoms with Gasteiger partial charge in [-0.25, -0.2) is 9.78 Å². The van der Waals surface area contributed by atoms with Gasteiger partial charge in [-0.15, -0.1) is 0 Å². The number of nitro groups is 1. The second kappa shape index (κ2) is 11.0. The average molecular weight is 566 g/mol. The minimum atomic E-state index is -0.699. The van der Waals surface area contributed by atoms with E-state index in [0.29, 0.717) is 21.2 Å². The molecule has 0 fully saturated rings. The van der Waals surface area contributed by atoms with Crippen LogP contribution >= 0.6 is 27.5 Å². The molecule has 0 aliphatic heterocycles. The predicted octanol–water partition coefficient (Wildman–Crippen LogP) is 5.06. The molecule has 3 rings (SSSR count). The Morgan fingerprint density at radius 2 is 2.00 bits per heavy atom. The Kier molecular flexibility index (Phi) is 8.23. The molecule has 0 saturated carbocycles. The number of hydrogen-bond donors (Lipinski definition) is 0. The summed E-state index contributed by atoms with van der Waals surface area (Å²) < 4.78 is 12.3. The van der Waals surface area contributed by atoms with Crippen molar-refractivity contribution in [3.05, 3.63) is 71.7 Å². The number of fused-ring (bicyclic) bond motifs is 1. The van der Waals surface area contributed by atoms with Crippen molar-refractivity contribution in [3.8, 4) is 5.75 Å². The van der Waals surface area contributed by atoms with E-state index in [1.807, 2.05) is 13.8 Å². The van der Waals surface area contributed by atoms with Gasteiger partial charge in [0.05, 0.1) is 28.1 Å². The quantitative estimate of drug-likeness (QED) is 0.162. The molecule has 184 valence electrons. The first-order valence-electron chi connectivity index (χ1n) is 10.5. The van der Waals surface area contributed by atoms with E-state index < -0.39 is 28.7 Å². The van der Waals surface area contributed by atoms with Crippen molar-refractivity contribution in [3.63, 3.8) is 0 Å². The smallest absolute Gasteiger partial charge is 0.344 e. The molecule has 0 unspecified atom stereocenters. The van der Waals surface area contributed by atoms with Crippen LogP contribution in [0.3, 0.4) is 0 Å². The SMILES string of the molecule is CC(C)OC(=O)COc1c(C=Nn2c(C(C)C)nc3ccc(Br)cc3c2=O)cc(Cl)cc1[N+](=O)[O-]. The summed E-state index contributed by atoms with van der Waals surface area (Å²) in [5.41, 5.74) is -0.277. The number of aromatic nitrogens is 2. The Morgan fingerprint density at radius 1 is 1.29 bits per heavy atom. The van der Waals surface area contributed by atoms with E-state index in [0.717, 1.165) is 10.7 Å². The predicted molar refractivity (Wildman–Crippen MR) is 136 cm³/mol. The zero-order chi connectivity index (χ0) is 25.9. The summed E-state index contributed by atoms with van der Waals surface area (Å²) in [5, 5.41) is 16.3. The number of benzene rings is 2. The van der Waals surface area contributed by atoms with Gasteiger partial charge in [0.25, 0.3) is 5.56 Å². The molecule has 12 heteroatoms. The van der Waals surface area contributed by atoms with Gasteiger partial charge in [0.15, 0.2) is 6.61 Å². The first kappa shape index (κ1) is 26.3. The lowest BCUT2D eigenvalue weighted by Crippen LogP contribution is -2.23. The normalized spacial score (nSPS) is 11.5. The number of halogens is 2. The molecule has 0 radical (unpaired) electrons. The summed E-state index contributed by atoms with van der Waals surface area (Å²) in [6, 6.07) is 7.63. The third-order valence-electron chi connectivity index (χ3n) is 4.62. The minimum Gasteiger partial charge on any atom is -0.474 e. The summed E-state index contributed by atoms with van der Waals surface area (Å²) in [7, 11) is 0. The van der Waals surface area contributed by atoms with Crippen LogP contribution in [0.25, 0.3) is 10.9 Å². The standard InChI is InChI=1S/C23H22BrClN4O6/c1-12(2)22-27-18-6-5-15(24)8-17(18)23(31)28(22)26-10-14-7-16(25)9-19(29(32)33)21(14)34-11-20(30)35-13(3)4/h5-10,12-13H,11H2,1-4H3. The maximum atomic E-state index is 13.2. The molecular weight excluding hydrogens is 544 g/mol. The van der Waals surface area contributed by atoms with E-state index in [2.05, 4.69) is 26.0 Å². The van der Waals surface area contributed by atoms with Crippen molar-refractivity contribution < 1.29 is 19.2 Å². The molecule has 10 nitrogen and oxygen atoms in total. The second-order valence-electron chi connectivity index (χ2n) is 8.08. The summed E-state index contributed by atoms with van der Waals surface area (Å²) in [6.45, 7) is 6.49. The van der Waals surface area contributed by atoms with Crippen LogP contribution in [0.5, 0.6) is 5.75 Å². The number of esters is 1. The lowest BCUT2D eigenvalue weighted by atomic mass is 10.1. The van der Waals surface area contributed by atoms with E-state index in [1.54, 1.807) is 32.0 Å². The lowest BCUT2D eigenvalue weighted by Gasteiger charge is -2.13. The molecule has 1 aromatic heterocycles. The number of nitrogens with zero attached hydrogens (tertiary/aromatic N) is 4. The van der Waals surface area contributed by atoms with E-state index >= 15 is 0 Å². The number of carbonyl (C=O) groups excluding carboxylic acids is 1. The van der Waals surface area contributed by atoms with Gasteiger partial charge in [0.2, 0.25) is 5.75 Å². The molecule has 0 bridgehead atoms. The fraction of sp³-hybridized carbons (Fsp3) is 0.304. The van der Waals surface area contributed by atoms with Crippen molar-refractivity contribution in [2.75, 3.05) is 6.61 Å². The zero-order valence-electron chi connectivity index (χ0n) is 19.3. The number of hydrogen-bond acceptors (Lipinski definition) is 8. The van der Waals surface area contributed by atoms with Crippen LogP contribution < -0.4 is 10.3 Å². The van der Waals surface area contributed by atoms with Crippen molar-refractivity contribution in [1.82, 2.24) is 9.66 Å². The highest BCUT2D eigenvalue weighted by molar-refractivity contribution is 9.10. The van der Waals surface area contributed by atoms with Gasteiger partial charge < -0.3 is 9.47 Å². The molecule has 3 aromatic rings. The van der Waals surface area contributed by atoms with Crippen LogP contribution in [0, 0.1) is 10.1 Å². The second-order valence-corrected chi connectivity index (χ2v) is 9.43. The van der Waals surface area contributed by atoms with Gasteiger partial charge in [-0.1, -0.05) is 41.4 Å². The molecule has 0 aliphatic carbocycles. The lowest BCUT2D eigenvalue weighted by molar-refractivity contribution is -0.385. The van der Waals surface area contributed by atoms with Gasteiger partial charge in [0.1, 0.15) is 5.82 Å². The third-order valence-corrected chi connectivity index (χ3v) is 5.33. The van der Waals surface area contributed by atoms with Gasteiger partial charge in [-0.3, -0.25) is 14.9 Å². The van der Waals surface area contributed by atoms with Crippen LogP contribution in [-0.4, -0.2) is 39.5 Å². The summed E-state index contributed by atoms with van der Waals surface area (Å²) in [6.07, 6.45) is 0.829. The molecule has 2 aromatic carbocycles. The Labute approximate surface area is 213 Å². The van der Waals surface area contributed by atoms with Gasteiger partial charge in [-0.2, -0.15) is 9.78 Å². The Hall–Kier alpha value is -3.31. The maximum absolute atomic E-state index is 13.2. The molecule has 35 heavy (non-hydrogen) atoms. The number of ether oxygens (including phenoxy) is 2. The monoisotopic (exact) mass is 564 g/mol. The highest BCUT2D eigenvalue weighted by Crippen LogP contribution is 2.34. The van der Waals surface area contributed by atoms with Crippen molar-refractivity contribution in [1.29, 1.82) is 0 Å². The van der Waals surface area contributed by atoms with Crippen LogP contribution in [0.15, 0.2) is 44.7 Å². The van der Waals surface area contributed by atoms with E-state index in [-0.39, 0.29) is 28.4 Å². The Balaban J connectivity index is 2.13. The largest absolute Gasteiger partial charge is 0.474 e. The fourth-order valence-electron chi connectivity index (χ4n) is 3.19. The molecule has 1 heterocycles. The van der Waals surface area contributed by atoms with Gasteiger partial charge in [0, 0.05) is 27.0 Å². The van der Waals surface area contributed by atoms with E-state index in [4.69, 9.17) is 21.1 Å². The fourth-order valence-corrected chi connectivity index (χ4v) is 3.77. The van der Waals surface area contributed by atoms with Crippen molar-refractivity contribution in [2.24, 2.45) is 5.10 Å². The molecule has 0 spiro atoms. The Bertz CT molecular complexity index is 1390. The number of rotatable bonds is 8. The minimum absolute atomic E-state index is 0.0484. The van der Waals surface area contributed by atoms with Crippen LogP contribution in [0.1, 0.15) is 45.0 Å². The summed E-state index contributed by atoms with van der Waals surface area (Å²) in [5.74, 6) is -0.710. The highest BCUT2D eigenvalue weighted by atomic mass is 79.9. The maximum Gasteiger partial charge on any atom is 0.344 e. The zero-order valence-corrected chi connectivity index (χ0v) is 21.7. The van der Waals surface area contributed by atoms with E-state index in [9.17, 15) is 19.7 Å². The van der Waals surface area contributed by atoms with Gasteiger partial charge >= 0.3 is 11.7 Å². The first-order valence-corrected chi connectivity index (χ1v) is 11.7. The summed E-state index contributed by atoms with van der Waals surface area (Å²) >= 11 is 9.44. The molecule has 0 amide bonds. The van der Waals surface area contributed by atoms with Gasteiger partial charge in [-0.05, 0) is 38.1 Å². The number of carbonyl (C=O) groups is 1. The highest BCUT2D eigenvalue weighted by Gasteiger charge is 2.22. The molecule has 0 N–H and O–H groups in total. The first-order chi connectivity index (χ1) is 16.5. The van der Waals surface area contributed by atoms with Crippen molar-refractivity contribution >= 4 is 56.3 Å². The number of nitro benzene ring substituents is 1. The molecule has 0 atom stereocenters. The van der Waals surface area contributed by atoms with Crippen LogP contribution in [0.2, 0.25) is 5.02 Å². The van der Waals surface area contributed by atoms with Crippen LogP contribution in [0.4, 0.5) is 5.69 Å². The molecule has 0 saturated heterocycles.